The van der Waals surface area contributed by atoms with Gasteiger partial charge >= 0.3 is 0 Å². The van der Waals surface area contributed by atoms with Gasteiger partial charge < -0.3 is 4.90 Å². The van der Waals surface area contributed by atoms with Crippen molar-refractivity contribution in [1.82, 2.24) is 14.9 Å². The molecule has 0 radical (unpaired) electrons. The summed E-state index contributed by atoms with van der Waals surface area (Å²) >= 11 is 5.95. The van der Waals surface area contributed by atoms with Crippen LogP contribution in [0.3, 0.4) is 0 Å². The van der Waals surface area contributed by atoms with Crippen molar-refractivity contribution in [2.75, 3.05) is 31.1 Å². The molecule has 0 atom stereocenters. The molecule has 122 valence electrons. The van der Waals surface area contributed by atoms with E-state index in [2.05, 4.69) is 26.9 Å². The molecule has 0 amide bonds. The van der Waals surface area contributed by atoms with Crippen molar-refractivity contribution in [3.8, 4) is 0 Å². The number of fused-ring (bicyclic) bond motifs is 1. The molecule has 4 nitrogen and oxygen atoms in total. The quantitative estimate of drug-likeness (QED) is 0.730. The van der Waals surface area contributed by atoms with E-state index in [9.17, 15) is 0 Å². The number of halogens is 1. The molecule has 0 unspecified atom stereocenters. The second kappa shape index (κ2) is 6.75. The summed E-state index contributed by atoms with van der Waals surface area (Å²) in [5.74, 6) is 0.972. The van der Waals surface area contributed by atoms with Gasteiger partial charge in [0.05, 0.1) is 17.2 Å². The fraction of sp³-hybridized carbons (Fsp3) is 0.263. The first-order valence-corrected chi connectivity index (χ1v) is 8.59. The second-order valence-corrected chi connectivity index (χ2v) is 6.54. The number of aromatic nitrogens is 2. The van der Waals surface area contributed by atoms with E-state index in [-0.39, 0.29) is 0 Å². The molecule has 1 aliphatic rings. The summed E-state index contributed by atoms with van der Waals surface area (Å²) in [5, 5.41) is 0.790. The number of benzene rings is 2. The number of nitrogens with zero attached hydrogens (tertiary/aromatic N) is 4. The van der Waals surface area contributed by atoms with E-state index in [1.807, 2.05) is 42.6 Å². The van der Waals surface area contributed by atoms with E-state index < -0.39 is 0 Å². The van der Waals surface area contributed by atoms with Gasteiger partial charge in [0.15, 0.2) is 0 Å². The summed E-state index contributed by atoms with van der Waals surface area (Å²) in [5.41, 5.74) is 3.21. The first-order chi connectivity index (χ1) is 11.8. The average Bonchev–Trinajstić information content (AvgIpc) is 2.64. The topological polar surface area (TPSA) is 32.3 Å². The highest BCUT2D eigenvalue weighted by atomic mass is 35.5. The van der Waals surface area contributed by atoms with Gasteiger partial charge in [-0.3, -0.25) is 9.88 Å². The molecule has 5 heteroatoms. The summed E-state index contributed by atoms with van der Waals surface area (Å²) < 4.78 is 0. The van der Waals surface area contributed by atoms with Gasteiger partial charge in [-0.05, 0) is 29.8 Å². The minimum atomic E-state index is 0.790. The van der Waals surface area contributed by atoms with Gasteiger partial charge in [0.2, 0.25) is 0 Å². The minimum absolute atomic E-state index is 0.790. The maximum Gasteiger partial charge on any atom is 0.147 e. The molecule has 4 rings (SSSR count). The first kappa shape index (κ1) is 15.4. The zero-order valence-electron chi connectivity index (χ0n) is 13.4. The highest BCUT2D eigenvalue weighted by molar-refractivity contribution is 6.30. The van der Waals surface area contributed by atoms with Crippen molar-refractivity contribution in [2.45, 2.75) is 6.54 Å². The third-order valence-electron chi connectivity index (χ3n) is 4.45. The largest absolute Gasteiger partial charge is 0.353 e. The smallest absolute Gasteiger partial charge is 0.147 e. The van der Waals surface area contributed by atoms with Gasteiger partial charge in [-0.15, -0.1) is 0 Å². The lowest BCUT2D eigenvalue weighted by Crippen LogP contribution is -2.46. The van der Waals surface area contributed by atoms with Crippen molar-refractivity contribution in [3.63, 3.8) is 0 Å². The van der Waals surface area contributed by atoms with Crippen LogP contribution in [0.4, 0.5) is 5.82 Å². The summed E-state index contributed by atoms with van der Waals surface area (Å²) in [6.45, 7) is 4.96. The molecule has 0 N–H and O–H groups in total. The molecule has 3 aromatic rings. The molecule has 1 aliphatic heterocycles. The number of hydrogen-bond acceptors (Lipinski definition) is 4. The maximum absolute atomic E-state index is 5.95. The van der Waals surface area contributed by atoms with Crippen LogP contribution in [0.15, 0.2) is 54.7 Å². The van der Waals surface area contributed by atoms with E-state index in [1.54, 1.807) is 0 Å². The second-order valence-electron chi connectivity index (χ2n) is 6.11. The number of anilines is 1. The van der Waals surface area contributed by atoms with E-state index in [4.69, 9.17) is 16.6 Å². The molecule has 0 bridgehead atoms. The molecule has 2 heterocycles. The Morgan fingerprint density at radius 2 is 1.58 bits per heavy atom. The highest BCUT2D eigenvalue weighted by Crippen LogP contribution is 2.18. The minimum Gasteiger partial charge on any atom is -0.353 e. The third-order valence-corrected chi connectivity index (χ3v) is 4.70. The zero-order chi connectivity index (χ0) is 16.4. The lowest BCUT2D eigenvalue weighted by Gasteiger charge is -2.35. The monoisotopic (exact) mass is 338 g/mol. The normalized spacial score (nSPS) is 15.8. The first-order valence-electron chi connectivity index (χ1n) is 8.21. The van der Waals surface area contributed by atoms with Crippen LogP contribution in [-0.4, -0.2) is 41.0 Å². The van der Waals surface area contributed by atoms with Gasteiger partial charge in [-0.2, -0.15) is 0 Å². The Bertz CT molecular complexity index is 826. The Kier molecular flexibility index (Phi) is 4.32. The Hall–Kier alpha value is -2.17. The lowest BCUT2D eigenvalue weighted by molar-refractivity contribution is 0.249. The van der Waals surface area contributed by atoms with Gasteiger partial charge in [-0.1, -0.05) is 35.9 Å². The Morgan fingerprint density at radius 1 is 0.875 bits per heavy atom. The standard InChI is InChI=1S/C19H19ClN4/c20-16-7-5-15(6-8-16)14-23-9-11-24(12-10-23)19-13-21-17-3-1-2-4-18(17)22-19/h1-8,13H,9-12,14H2. The van der Waals surface area contributed by atoms with E-state index in [0.29, 0.717) is 0 Å². The maximum atomic E-state index is 5.95. The highest BCUT2D eigenvalue weighted by Gasteiger charge is 2.18. The van der Waals surface area contributed by atoms with E-state index in [1.165, 1.54) is 5.56 Å². The van der Waals surface area contributed by atoms with Crippen LogP contribution in [0.25, 0.3) is 11.0 Å². The number of rotatable bonds is 3. The lowest BCUT2D eigenvalue weighted by atomic mass is 10.2. The van der Waals surface area contributed by atoms with Gasteiger partial charge in [0.25, 0.3) is 0 Å². The van der Waals surface area contributed by atoms with Crippen LogP contribution in [0.2, 0.25) is 5.02 Å². The Balaban J connectivity index is 1.40. The predicted molar refractivity (Wildman–Crippen MR) is 98.5 cm³/mol. The predicted octanol–water partition coefficient (Wildman–Crippen LogP) is 3.61. The van der Waals surface area contributed by atoms with Crippen LogP contribution in [-0.2, 0) is 6.54 Å². The number of para-hydroxylation sites is 2. The van der Waals surface area contributed by atoms with Crippen LogP contribution in [0.5, 0.6) is 0 Å². The van der Waals surface area contributed by atoms with Crippen molar-refractivity contribution in [2.24, 2.45) is 0 Å². The Morgan fingerprint density at radius 3 is 2.33 bits per heavy atom. The molecular formula is C19H19ClN4. The average molecular weight is 339 g/mol. The molecular weight excluding hydrogens is 320 g/mol. The fourth-order valence-electron chi connectivity index (χ4n) is 3.08. The number of hydrogen-bond donors (Lipinski definition) is 0. The summed E-state index contributed by atoms with van der Waals surface area (Å²) in [6.07, 6.45) is 1.89. The SMILES string of the molecule is Clc1ccc(CN2CCN(c3cnc4ccccc4n3)CC2)cc1. The van der Waals surface area contributed by atoms with Crippen molar-refractivity contribution in [1.29, 1.82) is 0 Å². The van der Waals surface area contributed by atoms with Crippen LogP contribution < -0.4 is 4.90 Å². The molecule has 0 aliphatic carbocycles. The van der Waals surface area contributed by atoms with Gasteiger partial charge in [-0.25, -0.2) is 4.98 Å². The summed E-state index contributed by atoms with van der Waals surface area (Å²) in [6, 6.07) is 16.1. The molecule has 0 saturated carbocycles. The zero-order valence-corrected chi connectivity index (χ0v) is 14.2. The van der Waals surface area contributed by atoms with Crippen molar-refractivity contribution < 1.29 is 0 Å². The van der Waals surface area contributed by atoms with E-state index >= 15 is 0 Å². The van der Waals surface area contributed by atoms with Crippen LogP contribution in [0.1, 0.15) is 5.56 Å². The van der Waals surface area contributed by atoms with Gasteiger partial charge in [0, 0.05) is 37.7 Å². The van der Waals surface area contributed by atoms with Gasteiger partial charge in [0.1, 0.15) is 5.82 Å². The molecule has 2 aromatic carbocycles. The molecule has 24 heavy (non-hydrogen) atoms. The van der Waals surface area contributed by atoms with Crippen LogP contribution >= 0.6 is 11.6 Å². The molecule has 1 saturated heterocycles. The number of piperazine rings is 1. The molecule has 1 fully saturated rings. The molecule has 0 spiro atoms. The third kappa shape index (κ3) is 3.35. The fourth-order valence-corrected chi connectivity index (χ4v) is 3.21. The van der Waals surface area contributed by atoms with Crippen LogP contribution in [0, 0.1) is 0 Å². The summed E-state index contributed by atoms with van der Waals surface area (Å²) in [7, 11) is 0. The summed E-state index contributed by atoms with van der Waals surface area (Å²) in [4.78, 5) is 14.1. The Labute approximate surface area is 146 Å². The molecule has 1 aromatic heterocycles. The van der Waals surface area contributed by atoms with Crippen molar-refractivity contribution in [3.05, 3.63) is 65.3 Å². The van der Waals surface area contributed by atoms with E-state index in [0.717, 1.165) is 54.6 Å². The van der Waals surface area contributed by atoms with Crippen molar-refractivity contribution >= 4 is 28.5 Å².